The average molecular weight is 594 g/mol. The van der Waals surface area contributed by atoms with Crippen molar-refractivity contribution in [3.05, 3.63) is 77.1 Å². The molecule has 2 aromatic carbocycles. The highest BCUT2D eigenvalue weighted by atomic mass is 35.5. The molecule has 40 heavy (non-hydrogen) atoms. The van der Waals surface area contributed by atoms with Crippen molar-refractivity contribution in [1.82, 2.24) is 15.2 Å². The Kier molecular flexibility index (Phi) is 8.42. The van der Waals surface area contributed by atoms with Gasteiger partial charge in [0.1, 0.15) is 17.2 Å². The second kappa shape index (κ2) is 11.3. The lowest BCUT2D eigenvalue weighted by molar-refractivity contribution is -0.141. The zero-order chi connectivity index (χ0) is 28.6. The van der Waals surface area contributed by atoms with Crippen LogP contribution in [0, 0.1) is 11.6 Å². The second-order valence-electron chi connectivity index (χ2n) is 8.27. The van der Waals surface area contributed by atoms with Crippen molar-refractivity contribution in [2.24, 2.45) is 5.73 Å². The number of carboxylic acids is 1. The summed E-state index contributed by atoms with van der Waals surface area (Å²) in [7, 11) is -4.05. The first-order chi connectivity index (χ1) is 18.3. The van der Waals surface area contributed by atoms with Gasteiger partial charge in [0.25, 0.3) is 0 Å². The molecule has 5 N–H and O–H groups in total. The highest BCUT2D eigenvalue weighted by Gasteiger charge is 2.29. The van der Waals surface area contributed by atoms with E-state index in [2.05, 4.69) is 15.2 Å². The van der Waals surface area contributed by atoms with E-state index >= 15 is 0 Å². The Bertz CT molecular complexity index is 1790. The number of halogens is 3. The number of rotatable bonds is 9. The van der Waals surface area contributed by atoms with Gasteiger partial charge < -0.3 is 10.8 Å². The maximum Gasteiger partial charge on any atom is 0.328 e. The zero-order valence-electron chi connectivity index (χ0n) is 20.1. The molecule has 2 heterocycles. The third-order valence-electron chi connectivity index (χ3n) is 5.51. The number of hydrogen-bond acceptors (Lipinski definition) is 9. The molecule has 0 aliphatic heterocycles. The number of aliphatic carboxylic acids is 1. The van der Waals surface area contributed by atoms with E-state index in [9.17, 15) is 36.4 Å². The number of fused-ring (bicyclic) bond motifs is 1. The average Bonchev–Trinajstić information content (AvgIpc) is 3.32. The summed E-state index contributed by atoms with van der Waals surface area (Å²) in [6.45, 7) is 0. The molecular weight excluding hydrogens is 576 g/mol. The number of aromatic nitrogens is 3. The normalized spacial score (nSPS) is 11.9. The Morgan fingerprint density at radius 2 is 1.70 bits per heavy atom. The second-order valence-corrected chi connectivity index (χ2v) is 10.0. The lowest BCUT2D eigenvalue weighted by Gasteiger charge is -2.10. The molecule has 0 saturated carbocycles. The van der Waals surface area contributed by atoms with E-state index in [4.69, 9.17) is 10.8 Å². The summed E-state index contributed by atoms with van der Waals surface area (Å²) in [6.07, 6.45) is 2.09. The summed E-state index contributed by atoms with van der Waals surface area (Å²) in [5.74, 6) is -7.62. The molecule has 2 aromatic heterocycles. The number of benzene rings is 2. The van der Waals surface area contributed by atoms with Gasteiger partial charge in [-0.3, -0.25) is 29.0 Å². The fraction of sp³-hybridized carbons (Fsp3) is 0.0833. The number of anilines is 1. The van der Waals surface area contributed by atoms with E-state index < -0.39 is 62.3 Å². The number of sulfonamides is 1. The minimum atomic E-state index is -4.05. The van der Waals surface area contributed by atoms with Gasteiger partial charge in [0.05, 0.1) is 17.2 Å². The maximum atomic E-state index is 15.0. The zero-order valence-corrected chi connectivity index (χ0v) is 21.8. The van der Waals surface area contributed by atoms with Gasteiger partial charge in [0, 0.05) is 17.3 Å². The van der Waals surface area contributed by atoms with Crippen molar-refractivity contribution < 1.29 is 41.5 Å². The highest BCUT2D eigenvalue weighted by molar-refractivity contribution is 7.92. The van der Waals surface area contributed by atoms with Crippen LogP contribution in [0.2, 0.25) is 0 Å². The summed E-state index contributed by atoms with van der Waals surface area (Å²) in [5.41, 5.74) is 4.23. The lowest BCUT2D eigenvalue weighted by atomic mass is 9.98. The Morgan fingerprint density at radius 3 is 2.30 bits per heavy atom. The van der Waals surface area contributed by atoms with Gasteiger partial charge in [0.2, 0.25) is 27.4 Å². The number of Topliss-reactive ketones (excluding diaryl/α,β-unsaturated/α-hetero) is 2. The van der Waals surface area contributed by atoms with Crippen LogP contribution in [-0.4, -0.2) is 64.3 Å². The molecule has 4 rings (SSSR count). The molecule has 0 fully saturated rings. The van der Waals surface area contributed by atoms with Crippen molar-refractivity contribution in [2.75, 3.05) is 11.0 Å². The van der Waals surface area contributed by atoms with Crippen LogP contribution in [0.5, 0.6) is 0 Å². The van der Waals surface area contributed by atoms with Crippen LogP contribution in [0.3, 0.4) is 0 Å². The van der Waals surface area contributed by atoms with E-state index in [1.165, 1.54) is 36.5 Å². The molecule has 12 nitrogen and oxygen atoms in total. The van der Waals surface area contributed by atoms with E-state index in [1.54, 1.807) is 4.72 Å². The third kappa shape index (κ3) is 5.85. The minimum absolute atomic E-state index is 0. The monoisotopic (exact) mass is 593 g/mol. The number of ketones is 3. The smallest absolute Gasteiger partial charge is 0.328 e. The van der Waals surface area contributed by atoms with Gasteiger partial charge in [-0.1, -0.05) is 24.3 Å². The number of carboxylic acid groups (broad SMARTS) is 1. The van der Waals surface area contributed by atoms with Crippen LogP contribution in [-0.2, 0) is 19.6 Å². The van der Waals surface area contributed by atoms with Crippen LogP contribution >= 0.6 is 12.4 Å². The Morgan fingerprint density at radius 1 is 1.05 bits per heavy atom. The molecule has 0 unspecified atom stereocenters. The number of H-pyrrole nitrogens is 1. The number of nitrogens with zero attached hydrogens (tertiary/aromatic N) is 2. The summed E-state index contributed by atoms with van der Waals surface area (Å²) in [5, 5.41) is 15.3. The van der Waals surface area contributed by atoms with Crippen molar-refractivity contribution in [1.29, 1.82) is 0 Å². The summed E-state index contributed by atoms with van der Waals surface area (Å²) >= 11 is 0. The van der Waals surface area contributed by atoms with Crippen molar-refractivity contribution in [3.8, 4) is 11.1 Å². The van der Waals surface area contributed by atoms with Crippen LogP contribution < -0.4 is 10.5 Å². The predicted molar refractivity (Wildman–Crippen MR) is 140 cm³/mol. The van der Waals surface area contributed by atoms with Crippen molar-refractivity contribution >= 4 is 62.5 Å². The van der Waals surface area contributed by atoms with Crippen LogP contribution in [0.4, 0.5) is 14.5 Å². The standard InChI is InChI=1S/C24H17F2N5O7S.ClH/c1-39(37,38)31-19-15(25)7-6-13(16(19)26)21(33)18-14-8-12(9-28-23(14)30-29-18)10-2-4-11(5-3-10)20(32)22(34)17(27)24(35)36;/h2-9,17,31H,27H2,1H3,(H,35,36)(H,28,29,30);1H/t17-;/m0./s1. The van der Waals surface area contributed by atoms with E-state index in [1.807, 2.05) is 0 Å². The van der Waals surface area contributed by atoms with Gasteiger partial charge in [-0.2, -0.15) is 5.10 Å². The van der Waals surface area contributed by atoms with Gasteiger partial charge in [0.15, 0.2) is 17.5 Å². The molecule has 0 aliphatic rings. The molecule has 0 saturated heterocycles. The minimum Gasteiger partial charge on any atom is -0.480 e. The molecule has 208 valence electrons. The van der Waals surface area contributed by atoms with Crippen LogP contribution in [0.15, 0.2) is 48.7 Å². The highest BCUT2D eigenvalue weighted by Crippen LogP contribution is 2.28. The topological polar surface area (TPSA) is 202 Å². The van der Waals surface area contributed by atoms with Crippen LogP contribution in [0.25, 0.3) is 22.2 Å². The third-order valence-corrected chi connectivity index (χ3v) is 6.09. The van der Waals surface area contributed by atoms with Gasteiger partial charge in [-0.25, -0.2) is 22.2 Å². The molecule has 0 radical (unpaired) electrons. The largest absolute Gasteiger partial charge is 0.480 e. The first-order valence-electron chi connectivity index (χ1n) is 10.8. The number of nitrogens with one attached hydrogen (secondary N) is 2. The molecule has 0 amide bonds. The SMILES string of the molecule is CS(=O)(=O)Nc1c(F)ccc(C(=O)c2[nH]nc3ncc(-c4ccc(C(=O)C(=O)[C@H](N)C(=O)O)cc4)cc23)c1F.Cl. The van der Waals surface area contributed by atoms with Crippen LogP contribution in [0.1, 0.15) is 26.4 Å². The Hall–Kier alpha value is -4.60. The fourth-order valence-corrected chi connectivity index (χ4v) is 4.14. The van der Waals surface area contributed by atoms with Gasteiger partial charge in [-0.15, -0.1) is 12.4 Å². The first kappa shape index (κ1) is 29.9. The maximum absolute atomic E-state index is 15.0. The van der Waals surface area contributed by atoms with Crippen molar-refractivity contribution in [3.63, 3.8) is 0 Å². The first-order valence-corrected chi connectivity index (χ1v) is 12.7. The summed E-state index contributed by atoms with van der Waals surface area (Å²) < 4.78 is 53.7. The number of carbonyl (C=O) groups excluding carboxylic acids is 3. The lowest BCUT2D eigenvalue weighted by Crippen LogP contribution is -2.42. The molecule has 1 atom stereocenters. The van der Waals surface area contributed by atoms with Gasteiger partial charge >= 0.3 is 5.97 Å². The number of nitrogens with two attached hydrogens (primary N) is 1. The van der Waals surface area contributed by atoms with Crippen molar-refractivity contribution in [2.45, 2.75) is 6.04 Å². The Labute approximate surface area is 230 Å². The van der Waals surface area contributed by atoms with E-state index in [-0.39, 0.29) is 34.7 Å². The molecule has 0 spiro atoms. The number of hydrogen-bond donors (Lipinski definition) is 4. The Balaban J connectivity index is 0.00000441. The molecule has 16 heteroatoms. The quantitative estimate of drug-likeness (QED) is 0.126. The fourth-order valence-electron chi connectivity index (χ4n) is 3.58. The number of carbonyl (C=O) groups is 4. The molecule has 0 bridgehead atoms. The summed E-state index contributed by atoms with van der Waals surface area (Å²) in [6, 6.07) is 6.53. The molecule has 0 aliphatic carbocycles. The molecular formula is C24H18ClF2N5O7S. The van der Waals surface area contributed by atoms with E-state index in [0.717, 1.165) is 12.1 Å². The molecule has 4 aromatic rings. The van der Waals surface area contributed by atoms with Gasteiger partial charge in [-0.05, 0) is 23.8 Å². The van der Waals surface area contributed by atoms with E-state index in [0.29, 0.717) is 17.4 Å². The predicted octanol–water partition coefficient (Wildman–Crippen LogP) is 2.09. The number of pyridine rings is 1. The summed E-state index contributed by atoms with van der Waals surface area (Å²) in [4.78, 5) is 52.3. The number of aromatic amines is 1.